The summed E-state index contributed by atoms with van der Waals surface area (Å²) in [7, 11) is -7.40. The van der Waals surface area contributed by atoms with Crippen molar-refractivity contribution >= 4 is 33.6 Å². The fraction of sp³-hybridized carbons (Fsp3) is 0.288. The van der Waals surface area contributed by atoms with Crippen molar-refractivity contribution in [2.45, 2.75) is 95.3 Å². The number of ether oxygens (including phenoxy) is 5. The third-order valence-electron chi connectivity index (χ3n) is 11.4. The van der Waals surface area contributed by atoms with Crippen LogP contribution in [0.3, 0.4) is 0 Å². The number of hydrogen-bond acceptors (Lipinski definition) is 11. The molecule has 6 aromatic rings. The first-order valence-corrected chi connectivity index (χ1v) is 26.5. The van der Waals surface area contributed by atoms with E-state index in [0.717, 1.165) is 16.7 Å². The van der Waals surface area contributed by atoms with Crippen molar-refractivity contribution < 1.29 is 46.2 Å². The molecule has 1 aliphatic carbocycles. The summed E-state index contributed by atoms with van der Waals surface area (Å²) in [6.07, 6.45) is -6.45. The highest BCUT2D eigenvalue weighted by atomic mass is 32.1. The van der Waals surface area contributed by atoms with Crippen LogP contribution in [0.4, 0.5) is 0 Å². The first-order valence-electron chi connectivity index (χ1n) is 21.7. The Hall–Kier alpha value is -5.14. The highest BCUT2D eigenvalue weighted by molar-refractivity contribution is 7.79. The van der Waals surface area contributed by atoms with Gasteiger partial charge in [-0.2, -0.15) is 0 Å². The highest BCUT2D eigenvalue weighted by Crippen LogP contribution is 2.54. The van der Waals surface area contributed by atoms with Crippen LogP contribution < -0.4 is 13.8 Å². The normalized spacial score (nSPS) is 20.1. The molecule has 0 saturated heterocycles. The Labute approximate surface area is 389 Å². The molecule has 1 aliphatic rings. The van der Waals surface area contributed by atoms with Crippen molar-refractivity contribution in [2.24, 2.45) is 0 Å². The van der Waals surface area contributed by atoms with Crippen molar-refractivity contribution in [3.8, 4) is 17.2 Å². The van der Waals surface area contributed by atoms with E-state index in [1.54, 1.807) is 60.7 Å². The molecule has 0 spiro atoms. The number of rotatable bonds is 19. The maximum Gasteiger partial charge on any atom is 0.588 e. The summed E-state index contributed by atoms with van der Waals surface area (Å²) in [6.45, 7) is 11.2. The predicted molar refractivity (Wildman–Crippen MR) is 258 cm³/mol. The van der Waals surface area contributed by atoms with Crippen LogP contribution in [-0.4, -0.2) is 50.2 Å². The lowest BCUT2D eigenvalue weighted by Crippen LogP contribution is -2.69. The molecule has 0 heterocycles. The van der Waals surface area contributed by atoms with Gasteiger partial charge >= 0.3 is 13.1 Å². The monoisotopic (exact) mass is 932 g/mol. The van der Waals surface area contributed by atoms with Gasteiger partial charge in [0, 0.05) is 12.2 Å². The average Bonchev–Trinajstić information content (AvgIpc) is 3.30. The van der Waals surface area contributed by atoms with E-state index in [-0.39, 0.29) is 41.6 Å². The zero-order chi connectivity index (χ0) is 45.7. The molecule has 6 atom stereocenters. The summed E-state index contributed by atoms with van der Waals surface area (Å²) < 4.78 is 76.7. The second-order valence-electron chi connectivity index (χ2n) is 17.2. The minimum Gasteiger partial charge on any atom is -0.447 e. The Morgan fingerprint density at radius 3 is 1.22 bits per heavy atom. The lowest BCUT2D eigenvalue weighted by molar-refractivity contribution is -0.252. The van der Waals surface area contributed by atoms with E-state index in [0.29, 0.717) is 5.75 Å². The predicted octanol–water partition coefficient (Wildman–Crippen LogP) is 12.5. The number of phosphoric acid groups is 1. The van der Waals surface area contributed by atoms with E-state index >= 15 is 4.57 Å². The van der Waals surface area contributed by atoms with Gasteiger partial charge < -0.3 is 37.2 Å². The number of para-hydroxylation sites is 3. The first kappa shape index (κ1) is 47.8. The first-order chi connectivity index (χ1) is 31.4. The summed E-state index contributed by atoms with van der Waals surface area (Å²) in [6, 6.07) is 55.9. The molecule has 0 aromatic heterocycles. The Bertz CT molecular complexity index is 2350. The minimum atomic E-state index is -4.67. The van der Waals surface area contributed by atoms with Crippen LogP contribution in [-0.2, 0) is 52.3 Å². The molecule has 0 unspecified atom stereocenters. The molecule has 0 amide bonds. The number of thiocarbonyl (C=S) groups is 1. The highest BCUT2D eigenvalue weighted by Gasteiger charge is 2.60. The van der Waals surface area contributed by atoms with Crippen molar-refractivity contribution in [2.75, 3.05) is 0 Å². The van der Waals surface area contributed by atoms with Gasteiger partial charge in [-0.1, -0.05) is 166 Å². The fourth-order valence-corrected chi connectivity index (χ4v) is 9.98. The Morgan fingerprint density at radius 2 is 0.831 bits per heavy atom. The van der Waals surface area contributed by atoms with Gasteiger partial charge in [0.2, 0.25) is 0 Å². The largest absolute Gasteiger partial charge is 0.588 e. The van der Waals surface area contributed by atoms with E-state index in [1.165, 1.54) is 0 Å². The van der Waals surface area contributed by atoms with Gasteiger partial charge in [-0.25, -0.2) is 4.57 Å². The third-order valence-corrected chi connectivity index (χ3v) is 17.4. The molecule has 0 N–H and O–H groups in total. The average molecular weight is 933 g/mol. The van der Waals surface area contributed by atoms with E-state index in [4.69, 9.17) is 53.9 Å². The second-order valence-corrected chi connectivity index (χ2v) is 23.8. The van der Waals surface area contributed by atoms with Crippen LogP contribution in [0.15, 0.2) is 182 Å². The van der Waals surface area contributed by atoms with Crippen molar-refractivity contribution in [3.63, 3.8) is 0 Å². The molecule has 0 bridgehead atoms. The lowest BCUT2D eigenvalue weighted by atomic mass is 9.84. The van der Waals surface area contributed by atoms with Gasteiger partial charge in [0.05, 0.1) is 19.8 Å². The number of hydrogen-bond donors (Lipinski definition) is 0. The molecule has 65 heavy (non-hydrogen) atoms. The molecule has 0 radical (unpaired) electrons. The lowest BCUT2D eigenvalue weighted by Gasteiger charge is -2.52. The summed E-state index contributed by atoms with van der Waals surface area (Å²) in [5.74, 6) is 0.990. The summed E-state index contributed by atoms with van der Waals surface area (Å²) in [5.41, 5.74) is 2.67. The fourth-order valence-electron chi connectivity index (χ4n) is 7.05. The van der Waals surface area contributed by atoms with Crippen molar-refractivity contribution in [1.29, 1.82) is 0 Å². The van der Waals surface area contributed by atoms with Crippen molar-refractivity contribution in [1.82, 2.24) is 0 Å². The van der Waals surface area contributed by atoms with E-state index in [9.17, 15) is 0 Å². The molecule has 0 aliphatic heterocycles. The van der Waals surface area contributed by atoms with Gasteiger partial charge in [-0.05, 0) is 71.2 Å². The maximum atomic E-state index is 15.6. The van der Waals surface area contributed by atoms with Gasteiger partial charge in [0.15, 0.2) is 14.4 Å². The van der Waals surface area contributed by atoms with Gasteiger partial charge in [-0.15, -0.1) is 0 Å². The van der Waals surface area contributed by atoms with Crippen LogP contribution >= 0.6 is 20.0 Å². The summed E-state index contributed by atoms with van der Waals surface area (Å²) in [4.78, 5) is 0. The van der Waals surface area contributed by atoms with E-state index in [1.807, 2.05) is 121 Å². The molecule has 6 aromatic carbocycles. The van der Waals surface area contributed by atoms with Crippen LogP contribution in [0.1, 0.15) is 37.5 Å². The minimum absolute atomic E-state index is 0.0888. The summed E-state index contributed by atoms with van der Waals surface area (Å²) >= 11 is 5.89. The number of phosphoric ester groups is 1. The Kier molecular flexibility index (Phi) is 16.5. The zero-order valence-corrected chi connectivity index (χ0v) is 40.1. The van der Waals surface area contributed by atoms with Crippen LogP contribution in [0.25, 0.3) is 0 Å². The SMILES string of the molecule is CC(C)(C)[Si](C)(C)O[C@H]1[C@H](OCc2ccccc2)[C@@H](OC(=S)Oc2ccccc2)[C@@H](OCc2ccccc2)[C@@H](OP(=O)(Oc2ccccc2)Oc2ccccc2)[C@@H]1OCc1ccccc1. The zero-order valence-electron chi connectivity index (χ0n) is 37.3. The molecule has 7 rings (SSSR count). The van der Waals surface area contributed by atoms with E-state index in [2.05, 4.69) is 33.9 Å². The summed E-state index contributed by atoms with van der Waals surface area (Å²) in [5, 5.41) is -0.470. The molecule has 340 valence electrons. The van der Waals surface area contributed by atoms with Gasteiger partial charge in [0.1, 0.15) is 47.8 Å². The molecule has 1 saturated carbocycles. The van der Waals surface area contributed by atoms with Gasteiger partial charge in [-0.3, -0.25) is 4.52 Å². The molecule has 1 fully saturated rings. The topological polar surface area (TPSA) is 100 Å². The Balaban J connectivity index is 1.41. The van der Waals surface area contributed by atoms with Crippen LogP contribution in [0.5, 0.6) is 17.2 Å². The standard InChI is InChI=1S/C52H57O10PSSi/c1-52(2,3)65(4,5)62-50-46(55-37-40-26-14-7-15-27-40)48(58-51(64)57-42-30-18-9-19-31-42)45(54-36-39-24-12-6-13-25-39)49(47(50)56-38-41-28-16-8-17-29-41)61-63(53,59-43-32-20-10-21-33-43)60-44-34-22-11-23-35-44/h6-35,45-50H,36-38H2,1-5H3/t45-,46-,47+,48+,49-,50+/m1/s1. The number of benzene rings is 6. The van der Waals surface area contributed by atoms with Crippen molar-refractivity contribution in [3.05, 3.63) is 199 Å². The van der Waals surface area contributed by atoms with E-state index < -0.39 is 52.8 Å². The molecular formula is C52H57O10PSSi. The Morgan fingerprint density at radius 1 is 0.492 bits per heavy atom. The van der Waals surface area contributed by atoms with Crippen LogP contribution in [0.2, 0.25) is 18.1 Å². The van der Waals surface area contributed by atoms with Crippen LogP contribution in [0, 0.1) is 0 Å². The molecular weight excluding hydrogens is 876 g/mol. The third kappa shape index (κ3) is 13.5. The van der Waals surface area contributed by atoms with Gasteiger partial charge in [0.25, 0.3) is 0 Å². The smallest absolute Gasteiger partial charge is 0.447 e. The maximum absolute atomic E-state index is 15.6. The quantitative estimate of drug-likeness (QED) is 0.0441. The second kappa shape index (κ2) is 22.4. The molecule has 13 heteroatoms. The molecule has 10 nitrogen and oxygen atoms in total.